The maximum atomic E-state index is 12.6. The number of hydrogen-bond acceptors (Lipinski definition) is 5. The molecule has 1 saturated heterocycles. The predicted octanol–water partition coefficient (Wildman–Crippen LogP) is 3.42. The molecule has 2 bridgehead atoms. The Morgan fingerprint density at radius 2 is 1.96 bits per heavy atom. The van der Waals surface area contributed by atoms with E-state index in [-0.39, 0.29) is 18.2 Å². The van der Waals surface area contributed by atoms with Crippen molar-refractivity contribution in [3.05, 3.63) is 42.2 Å². The van der Waals surface area contributed by atoms with Gasteiger partial charge in [-0.2, -0.15) is 0 Å². The van der Waals surface area contributed by atoms with E-state index in [4.69, 9.17) is 9.47 Å². The summed E-state index contributed by atoms with van der Waals surface area (Å²) in [6.45, 7) is 6.68. The molecule has 2 aromatic rings. The largest absolute Gasteiger partial charge is 0.444 e. The van der Waals surface area contributed by atoms with Gasteiger partial charge in [0, 0.05) is 12.4 Å². The van der Waals surface area contributed by atoms with Gasteiger partial charge in [-0.1, -0.05) is 12.1 Å². The number of hydrogen-bond donors (Lipinski definition) is 0. The fraction of sp³-hybridized carbons (Fsp3) is 0.450. The fourth-order valence-electron chi connectivity index (χ4n) is 3.57. The van der Waals surface area contributed by atoms with Crippen molar-refractivity contribution in [2.45, 2.75) is 44.9 Å². The molecule has 2 aliphatic heterocycles. The van der Waals surface area contributed by atoms with Crippen molar-refractivity contribution >= 4 is 22.7 Å². The monoisotopic (exact) mass is 353 g/mol. The second-order valence-corrected chi connectivity index (χ2v) is 7.80. The lowest BCUT2D eigenvalue weighted by molar-refractivity contribution is -0.0510. The van der Waals surface area contributed by atoms with Gasteiger partial charge in [0.2, 0.25) is 0 Å². The van der Waals surface area contributed by atoms with E-state index in [2.05, 4.69) is 28.2 Å². The first-order valence-corrected chi connectivity index (χ1v) is 8.92. The number of benzene rings is 1. The highest BCUT2D eigenvalue weighted by atomic mass is 16.6. The molecule has 6 heteroatoms. The van der Waals surface area contributed by atoms with E-state index in [1.807, 2.05) is 31.7 Å². The first kappa shape index (κ1) is 17.0. The maximum Gasteiger partial charge on any atom is 0.411 e. The Bertz CT molecular complexity index is 872. The third kappa shape index (κ3) is 3.29. The molecule has 1 fully saturated rings. The van der Waals surface area contributed by atoms with Gasteiger partial charge in [0.05, 0.1) is 36.3 Å². The van der Waals surface area contributed by atoms with Gasteiger partial charge in [0.25, 0.3) is 0 Å². The highest BCUT2D eigenvalue weighted by Gasteiger charge is 2.40. The maximum absolute atomic E-state index is 12.6. The van der Waals surface area contributed by atoms with Crippen LogP contribution < -0.4 is 0 Å². The van der Waals surface area contributed by atoms with Crippen molar-refractivity contribution in [2.24, 2.45) is 0 Å². The van der Waals surface area contributed by atoms with Crippen LogP contribution in [0.2, 0.25) is 0 Å². The first-order valence-electron chi connectivity index (χ1n) is 8.92. The van der Waals surface area contributed by atoms with E-state index in [9.17, 15) is 4.79 Å². The van der Waals surface area contributed by atoms with Gasteiger partial charge >= 0.3 is 6.09 Å². The third-order valence-corrected chi connectivity index (χ3v) is 4.64. The number of amides is 1. The zero-order valence-electron chi connectivity index (χ0n) is 15.3. The van der Waals surface area contributed by atoms with Crippen molar-refractivity contribution in [1.82, 2.24) is 14.9 Å². The molecule has 136 valence electrons. The van der Waals surface area contributed by atoms with E-state index in [1.54, 1.807) is 12.4 Å². The average Bonchev–Trinajstić information content (AvgIpc) is 2.58. The molecule has 1 aromatic carbocycles. The Balaban J connectivity index is 1.64. The molecule has 0 radical (unpaired) electrons. The summed E-state index contributed by atoms with van der Waals surface area (Å²) in [6, 6.07) is 6.01. The summed E-state index contributed by atoms with van der Waals surface area (Å²) in [4.78, 5) is 23.2. The summed E-state index contributed by atoms with van der Waals surface area (Å²) in [6.07, 6.45) is 5.99. The number of carbonyl (C=O) groups is 1. The normalized spacial score (nSPS) is 22.9. The zero-order chi connectivity index (χ0) is 18.3. The van der Waals surface area contributed by atoms with Crippen LogP contribution in [0.25, 0.3) is 16.6 Å². The number of carbonyl (C=O) groups excluding carboxylic acids is 1. The quantitative estimate of drug-likeness (QED) is 0.786. The van der Waals surface area contributed by atoms with Crippen molar-refractivity contribution in [3.63, 3.8) is 0 Å². The second kappa shape index (κ2) is 6.36. The molecule has 0 spiro atoms. The van der Waals surface area contributed by atoms with Gasteiger partial charge in [-0.05, 0) is 50.5 Å². The lowest BCUT2D eigenvalue weighted by Crippen LogP contribution is -2.57. The van der Waals surface area contributed by atoms with Crippen LogP contribution in [0.15, 0.2) is 36.7 Å². The molecule has 2 unspecified atom stereocenters. The summed E-state index contributed by atoms with van der Waals surface area (Å²) in [5.74, 6) is 0. The van der Waals surface area contributed by atoms with E-state index in [0.717, 1.165) is 23.0 Å². The van der Waals surface area contributed by atoms with Crippen LogP contribution in [0.1, 0.15) is 32.8 Å². The van der Waals surface area contributed by atoms with Crippen LogP contribution in [-0.2, 0) is 9.47 Å². The molecule has 4 rings (SSSR count). The molecule has 0 saturated carbocycles. The third-order valence-electron chi connectivity index (χ3n) is 4.64. The predicted molar refractivity (Wildman–Crippen MR) is 98.6 cm³/mol. The lowest BCUT2D eigenvalue weighted by atomic mass is 9.90. The zero-order valence-corrected chi connectivity index (χ0v) is 15.3. The lowest BCUT2D eigenvalue weighted by Gasteiger charge is -2.44. The Morgan fingerprint density at radius 3 is 2.69 bits per heavy atom. The first-order chi connectivity index (χ1) is 12.4. The van der Waals surface area contributed by atoms with Gasteiger partial charge in [0.1, 0.15) is 5.60 Å². The number of ether oxygens (including phenoxy) is 2. The molecule has 0 aliphatic carbocycles. The highest BCUT2D eigenvalue weighted by Crippen LogP contribution is 2.34. The summed E-state index contributed by atoms with van der Waals surface area (Å²) < 4.78 is 11.3. The minimum absolute atomic E-state index is 0.0128. The minimum Gasteiger partial charge on any atom is -0.444 e. The van der Waals surface area contributed by atoms with Gasteiger partial charge in [-0.25, -0.2) is 4.79 Å². The fourth-order valence-corrected chi connectivity index (χ4v) is 3.57. The average molecular weight is 353 g/mol. The highest BCUT2D eigenvalue weighted by molar-refractivity contribution is 5.81. The smallest absolute Gasteiger partial charge is 0.411 e. The van der Waals surface area contributed by atoms with Crippen molar-refractivity contribution in [3.8, 4) is 0 Å². The summed E-state index contributed by atoms with van der Waals surface area (Å²) in [5, 5.41) is 0. The standard InChI is InChI=1S/C20H23N3O3/c1-20(2,3)26-19(24)23-15-8-14(9-16(23)12-25-11-15)13-4-5-17-18(10-13)22-7-6-21-17/h4-8,10,15-16H,9,11-12H2,1-3H3. The molecule has 0 N–H and O–H groups in total. The molecule has 26 heavy (non-hydrogen) atoms. The van der Waals surface area contributed by atoms with Crippen LogP contribution in [0.4, 0.5) is 4.79 Å². The number of nitrogens with zero attached hydrogens (tertiary/aromatic N) is 3. The molecule has 1 amide bonds. The van der Waals surface area contributed by atoms with E-state index in [0.29, 0.717) is 13.2 Å². The molecule has 2 aliphatic rings. The van der Waals surface area contributed by atoms with Crippen molar-refractivity contribution in [1.29, 1.82) is 0 Å². The Kier molecular flexibility index (Phi) is 4.15. The van der Waals surface area contributed by atoms with E-state index >= 15 is 0 Å². The van der Waals surface area contributed by atoms with Crippen molar-refractivity contribution < 1.29 is 14.3 Å². The Morgan fingerprint density at radius 1 is 1.19 bits per heavy atom. The SMILES string of the molecule is CC(C)(C)OC(=O)N1C2C=C(c3ccc4nccnc4c3)CC1COC2. The van der Waals surface area contributed by atoms with E-state index < -0.39 is 5.60 Å². The number of fused-ring (bicyclic) bond motifs is 3. The van der Waals surface area contributed by atoms with Crippen molar-refractivity contribution in [2.75, 3.05) is 13.2 Å². The van der Waals surface area contributed by atoms with Gasteiger partial charge in [0.15, 0.2) is 0 Å². The van der Waals surface area contributed by atoms with Gasteiger partial charge < -0.3 is 9.47 Å². The molecule has 1 aromatic heterocycles. The van der Waals surface area contributed by atoms with Gasteiger partial charge in [-0.15, -0.1) is 0 Å². The number of rotatable bonds is 1. The van der Waals surface area contributed by atoms with Crippen LogP contribution >= 0.6 is 0 Å². The van der Waals surface area contributed by atoms with Crippen LogP contribution in [0.3, 0.4) is 0 Å². The molecule has 2 atom stereocenters. The molecule has 3 heterocycles. The van der Waals surface area contributed by atoms with Crippen LogP contribution in [0.5, 0.6) is 0 Å². The minimum atomic E-state index is -0.507. The summed E-state index contributed by atoms with van der Waals surface area (Å²) in [5.41, 5.74) is 3.59. The Labute approximate surface area is 152 Å². The number of aromatic nitrogens is 2. The molecular formula is C20H23N3O3. The molecule has 6 nitrogen and oxygen atoms in total. The van der Waals surface area contributed by atoms with Gasteiger partial charge in [-0.3, -0.25) is 14.9 Å². The molecular weight excluding hydrogens is 330 g/mol. The number of morpholine rings is 1. The topological polar surface area (TPSA) is 64.5 Å². The van der Waals surface area contributed by atoms with E-state index in [1.165, 1.54) is 5.57 Å². The van der Waals surface area contributed by atoms with Crippen LogP contribution in [-0.4, -0.2) is 51.9 Å². The summed E-state index contributed by atoms with van der Waals surface area (Å²) >= 11 is 0. The van der Waals surface area contributed by atoms with Crippen LogP contribution in [0, 0.1) is 0 Å². The summed E-state index contributed by atoms with van der Waals surface area (Å²) in [7, 11) is 0. The second-order valence-electron chi connectivity index (χ2n) is 7.80. The Hall–Kier alpha value is -2.47.